The van der Waals surface area contributed by atoms with Crippen molar-refractivity contribution in [2.75, 3.05) is 0 Å². The van der Waals surface area contributed by atoms with Crippen molar-refractivity contribution in [1.29, 1.82) is 0 Å². The van der Waals surface area contributed by atoms with Gasteiger partial charge in [0.1, 0.15) is 5.75 Å². The van der Waals surface area contributed by atoms with Crippen LogP contribution in [0.1, 0.15) is 5.56 Å². The van der Waals surface area contributed by atoms with E-state index in [1.807, 2.05) is 0 Å². The van der Waals surface area contributed by atoms with Crippen LogP contribution in [0.15, 0.2) is 23.3 Å². The second-order valence-corrected chi connectivity index (χ2v) is 2.95. The fourth-order valence-corrected chi connectivity index (χ4v) is 0.998. The number of phenols is 1. The Labute approximate surface area is 85.7 Å². The van der Waals surface area contributed by atoms with Gasteiger partial charge in [0, 0.05) is 10.1 Å². The Morgan fingerprint density at radius 2 is 2.21 bits per heavy atom. The van der Waals surface area contributed by atoms with Crippen LogP contribution in [0.4, 0.5) is 0 Å². The molecule has 0 aliphatic carbocycles. The number of hydrazone groups is 1. The van der Waals surface area contributed by atoms with Crippen LogP contribution in [-0.4, -0.2) is 17.3 Å². The topological polar surface area (TPSA) is 98.6 Å². The van der Waals surface area contributed by atoms with Crippen molar-refractivity contribution >= 4 is 23.8 Å². The molecule has 6 heteroatoms. The fourth-order valence-electron chi connectivity index (χ4n) is 0.817. The zero-order valence-electron chi connectivity index (χ0n) is 7.24. The minimum absolute atomic E-state index is 0.0905. The number of rotatable bonds is 2. The van der Waals surface area contributed by atoms with Crippen LogP contribution < -0.4 is 16.6 Å². The van der Waals surface area contributed by atoms with Gasteiger partial charge >= 0.3 is 0 Å². The number of hydrogen-bond acceptors (Lipinski definition) is 2. The average molecular weight is 214 g/mol. The molecule has 0 aliphatic heterocycles. The van der Waals surface area contributed by atoms with Gasteiger partial charge in [0.2, 0.25) is 6.21 Å². The number of phenolic OH excluding ortho intramolecular Hbond substituents is 1. The maximum absolute atomic E-state index is 9.36. The summed E-state index contributed by atoms with van der Waals surface area (Å²) in [6.07, 6.45) is 1.43. The summed E-state index contributed by atoms with van der Waals surface area (Å²) in [5.74, 6) is -0.00420. The predicted molar refractivity (Wildman–Crippen MR) is 55.1 cm³/mol. The highest BCUT2D eigenvalue weighted by atomic mass is 35.5. The molecule has 1 rings (SSSR count). The molecule has 14 heavy (non-hydrogen) atoms. The first kappa shape index (κ1) is 10.3. The SMILES string of the molecule is NC(N)=N/[NH+]=C/c1cc(Cl)ccc1O. The lowest BCUT2D eigenvalue weighted by Gasteiger charge is -1.94. The molecule has 1 aromatic rings. The van der Waals surface area contributed by atoms with E-state index >= 15 is 0 Å². The van der Waals surface area contributed by atoms with Crippen LogP contribution in [0.2, 0.25) is 5.02 Å². The molecule has 0 bridgehead atoms. The van der Waals surface area contributed by atoms with Gasteiger partial charge in [0.15, 0.2) is 0 Å². The van der Waals surface area contributed by atoms with Crippen LogP contribution in [0.25, 0.3) is 0 Å². The Morgan fingerprint density at radius 1 is 1.50 bits per heavy atom. The first-order chi connectivity index (χ1) is 6.59. The lowest BCUT2D eigenvalue weighted by atomic mass is 10.2. The van der Waals surface area contributed by atoms with Crippen molar-refractivity contribution in [3.05, 3.63) is 28.8 Å². The molecule has 0 unspecified atom stereocenters. The van der Waals surface area contributed by atoms with Crippen LogP contribution in [0.3, 0.4) is 0 Å². The quantitative estimate of drug-likeness (QED) is 0.280. The van der Waals surface area contributed by atoms with Gasteiger partial charge in [0.05, 0.1) is 5.56 Å². The van der Waals surface area contributed by atoms with E-state index < -0.39 is 0 Å². The summed E-state index contributed by atoms with van der Waals surface area (Å²) in [4.78, 5) is 0. The summed E-state index contributed by atoms with van der Waals surface area (Å²) in [6.45, 7) is 0. The molecule has 0 amide bonds. The van der Waals surface area contributed by atoms with Gasteiger partial charge in [-0.05, 0) is 18.2 Å². The number of halogens is 1. The van der Waals surface area contributed by atoms with Crippen molar-refractivity contribution < 1.29 is 10.2 Å². The van der Waals surface area contributed by atoms with Crippen LogP contribution >= 0.6 is 11.6 Å². The maximum Gasteiger partial charge on any atom is 0.256 e. The van der Waals surface area contributed by atoms with E-state index in [0.29, 0.717) is 10.6 Å². The lowest BCUT2D eigenvalue weighted by molar-refractivity contribution is -0.456. The minimum atomic E-state index is -0.0947. The van der Waals surface area contributed by atoms with Crippen molar-refractivity contribution in [1.82, 2.24) is 0 Å². The first-order valence-electron chi connectivity index (χ1n) is 3.75. The Bertz CT molecular complexity index is 385. The molecule has 6 N–H and O–H groups in total. The number of benzene rings is 1. The predicted octanol–water partition coefficient (Wildman–Crippen LogP) is -1.27. The molecule has 0 spiro atoms. The van der Waals surface area contributed by atoms with Crippen molar-refractivity contribution in [2.24, 2.45) is 16.6 Å². The maximum atomic E-state index is 9.36. The van der Waals surface area contributed by atoms with E-state index in [1.54, 1.807) is 12.1 Å². The summed E-state index contributed by atoms with van der Waals surface area (Å²) >= 11 is 5.71. The third-order valence-electron chi connectivity index (χ3n) is 1.40. The van der Waals surface area contributed by atoms with Gasteiger partial charge in [-0.3, -0.25) is 0 Å². The second kappa shape index (κ2) is 4.48. The number of aromatic hydroxyl groups is 1. The first-order valence-corrected chi connectivity index (χ1v) is 4.13. The average Bonchev–Trinajstić information content (AvgIpc) is 2.10. The number of guanidine groups is 1. The van der Waals surface area contributed by atoms with Gasteiger partial charge < -0.3 is 16.6 Å². The molecule has 0 aliphatic rings. The summed E-state index contributed by atoms with van der Waals surface area (Å²) in [6, 6.07) is 4.63. The number of hydrogen-bond donors (Lipinski definition) is 4. The van der Waals surface area contributed by atoms with E-state index in [-0.39, 0.29) is 11.7 Å². The largest absolute Gasteiger partial charge is 0.507 e. The number of nitrogens with two attached hydrogens (primary N) is 2. The molecule has 0 saturated heterocycles. The Hall–Kier alpha value is -1.75. The molecule has 0 saturated carbocycles. The molecule has 0 fully saturated rings. The van der Waals surface area contributed by atoms with Gasteiger partial charge in [0.25, 0.3) is 5.96 Å². The van der Waals surface area contributed by atoms with E-state index in [4.69, 9.17) is 23.1 Å². The molecule has 0 heterocycles. The molecule has 74 valence electrons. The van der Waals surface area contributed by atoms with Crippen LogP contribution in [-0.2, 0) is 0 Å². The molecular formula is C8H10ClN4O+. The van der Waals surface area contributed by atoms with Crippen molar-refractivity contribution in [3.8, 4) is 5.75 Å². The van der Waals surface area contributed by atoms with Crippen LogP contribution in [0, 0.1) is 0 Å². The summed E-state index contributed by atoms with van der Waals surface area (Å²) in [5.41, 5.74) is 10.7. The fraction of sp³-hybridized carbons (Fsp3) is 0. The molecule has 0 radical (unpaired) electrons. The lowest BCUT2D eigenvalue weighted by Crippen LogP contribution is -2.63. The molecule has 0 aromatic heterocycles. The highest BCUT2D eigenvalue weighted by Crippen LogP contribution is 2.18. The second-order valence-electron chi connectivity index (χ2n) is 2.51. The normalized spacial score (nSPS) is 10.4. The summed E-state index contributed by atoms with van der Waals surface area (Å²) in [5, 5.41) is 15.8. The van der Waals surface area contributed by atoms with Crippen molar-refractivity contribution in [2.45, 2.75) is 0 Å². The standard InChI is InChI=1S/C8H9ClN4O/c9-6-1-2-7(14)5(3-6)4-12-13-8(10)11/h1-4,14H,(H4,10,11,13)/p+1/b12-4+. The monoisotopic (exact) mass is 213 g/mol. The smallest absolute Gasteiger partial charge is 0.256 e. The Kier molecular flexibility index (Phi) is 3.30. The van der Waals surface area contributed by atoms with Gasteiger partial charge in [-0.15, -0.1) is 5.10 Å². The molecular weight excluding hydrogens is 204 g/mol. The Morgan fingerprint density at radius 3 is 2.86 bits per heavy atom. The third-order valence-corrected chi connectivity index (χ3v) is 1.64. The number of nitrogens with one attached hydrogen (secondary N) is 1. The third kappa shape index (κ3) is 2.95. The minimum Gasteiger partial charge on any atom is -0.507 e. The zero-order valence-corrected chi connectivity index (χ0v) is 7.99. The summed E-state index contributed by atoms with van der Waals surface area (Å²) < 4.78 is 0. The highest BCUT2D eigenvalue weighted by molar-refractivity contribution is 6.30. The Balaban J connectivity index is 2.91. The number of nitrogens with zero attached hydrogens (tertiary/aromatic N) is 1. The highest BCUT2D eigenvalue weighted by Gasteiger charge is 2.01. The van der Waals surface area contributed by atoms with Crippen LogP contribution in [0.5, 0.6) is 5.75 Å². The van der Waals surface area contributed by atoms with E-state index in [2.05, 4.69) is 10.2 Å². The molecule has 1 aromatic carbocycles. The van der Waals surface area contributed by atoms with Gasteiger partial charge in [-0.2, -0.15) is 0 Å². The molecule has 0 atom stereocenters. The van der Waals surface area contributed by atoms with Gasteiger partial charge in [-0.1, -0.05) is 11.6 Å². The molecule has 5 nitrogen and oxygen atoms in total. The van der Waals surface area contributed by atoms with E-state index in [0.717, 1.165) is 0 Å². The van der Waals surface area contributed by atoms with Gasteiger partial charge in [-0.25, -0.2) is 0 Å². The van der Waals surface area contributed by atoms with E-state index in [1.165, 1.54) is 12.3 Å². The summed E-state index contributed by atoms with van der Waals surface area (Å²) in [7, 11) is 0. The van der Waals surface area contributed by atoms with Crippen molar-refractivity contribution in [3.63, 3.8) is 0 Å². The zero-order chi connectivity index (χ0) is 10.6. The van der Waals surface area contributed by atoms with E-state index in [9.17, 15) is 5.11 Å².